The molecule has 0 unspecified atom stereocenters. The van der Waals surface area contributed by atoms with Gasteiger partial charge >= 0.3 is 0 Å². The quantitative estimate of drug-likeness (QED) is 0.812. The van der Waals surface area contributed by atoms with Crippen molar-refractivity contribution >= 4 is 5.91 Å². The van der Waals surface area contributed by atoms with Crippen LogP contribution in [0.5, 0.6) is 0 Å². The summed E-state index contributed by atoms with van der Waals surface area (Å²) in [6.07, 6.45) is 3.47. The Balaban J connectivity index is 1.94. The third kappa shape index (κ3) is 2.43. The first-order valence-electron chi connectivity index (χ1n) is 4.67. The minimum atomic E-state index is -0.0916. The van der Waals surface area contributed by atoms with Crippen LogP contribution in [0.15, 0.2) is 48.8 Å². The molecule has 15 heavy (non-hydrogen) atoms. The number of amides is 1. The van der Waals surface area contributed by atoms with Crippen LogP contribution in [0, 0.1) is 0 Å². The second kappa shape index (κ2) is 4.41. The van der Waals surface area contributed by atoms with Gasteiger partial charge in [0, 0.05) is 18.0 Å². The van der Waals surface area contributed by atoms with Gasteiger partial charge in [-0.25, -0.2) is 0 Å². The lowest BCUT2D eigenvalue weighted by Crippen LogP contribution is -2.26. The maximum absolute atomic E-state index is 11.6. The third-order valence-corrected chi connectivity index (χ3v) is 2.00. The van der Waals surface area contributed by atoms with E-state index < -0.39 is 0 Å². The number of aromatic nitrogens is 2. The van der Waals surface area contributed by atoms with Gasteiger partial charge in [-0.15, -0.1) is 0 Å². The van der Waals surface area contributed by atoms with E-state index in [9.17, 15) is 4.79 Å². The third-order valence-electron chi connectivity index (χ3n) is 2.00. The number of hydrogen-bond donors (Lipinski definition) is 1. The van der Waals surface area contributed by atoms with Crippen LogP contribution < -0.4 is 5.32 Å². The number of nitrogens with one attached hydrogen (secondary N) is 1. The minimum absolute atomic E-state index is 0.0916. The van der Waals surface area contributed by atoms with E-state index in [1.165, 1.54) is 0 Å². The first-order chi connectivity index (χ1) is 7.36. The summed E-state index contributed by atoms with van der Waals surface area (Å²) in [5.41, 5.74) is 0.657. The van der Waals surface area contributed by atoms with Crippen LogP contribution in [0.4, 0.5) is 0 Å². The molecule has 0 aliphatic carbocycles. The molecule has 0 spiro atoms. The van der Waals surface area contributed by atoms with Crippen molar-refractivity contribution in [3.63, 3.8) is 0 Å². The lowest BCUT2D eigenvalue weighted by atomic mass is 10.2. The number of hydrogen-bond acceptors (Lipinski definition) is 2. The summed E-state index contributed by atoms with van der Waals surface area (Å²) in [7, 11) is 0. The standard InChI is InChI=1S/C11H11N3O/c15-11(10-5-2-1-3-6-10)12-9-14-8-4-7-13-14/h1-8H,9H2,(H,12,15). The Labute approximate surface area is 87.5 Å². The predicted octanol–water partition coefficient (Wildman–Crippen LogP) is 1.27. The van der Waals surface area contributed by atoms with Crippen molar-refractivity contribution in [2.24, 2.45) is 0 Å². The molecular weight excluding hydrogens is 190 g/mol. The van der Waals surface area contributed by atoms with Gasteiger partial charge in [0.25, 0.3) is 5.91 Å². The molecule has 1 N–H and O–H groups in total. The Hall–Kier alpha value is -2.10. The summed E-state index contributed by atoms with van der Waals surface area (Å²) in [6.45, 7) is 0.390. The van der Waals surface area contributed by atoms with Crippen molar-refractivity contribution in [1.29, 1.82) is 0 Å². The number of rotatable bonds is 3. The van der Waals surface area contributed by atoms with E-state index in [0.717, 1.165) is 0 Å². The fourth-order valence-electron chi connectivity index (χ4n) is 1.24. The number of benzene rings is 1. The molecule has 2 rings (SSSR count). The molecule has 0 fully saturated rings. The maximum atomic E-state index is 11.6. The van der Waals surface area contributed by atoms with Gasteiger partial charge in [0.15, 0.2) is 0 Å². The van der Waals surface area contributed by atoms with Gasteiger partial charge in [-0.2, -0.15) is 5.10 Å². The smallest absolute Gasteiger partial charge is 0.252 e. The van der Waals surface area contributed by atoms with Crippen molar-refractivity contribution < 1.29 is 4.79 Å². The fourth-order valence-corrected chi connectivity index (χ4v) is 1.24. The van der Waals surface area contributed by atoms with E-state index in [1.807, 2.05) is 24.3 Å². The Kier molecular flexibility index (Phi) is 2.78. The average Bonchev–Trinajstić information content (AvgIpc) is 2.80. The van der Waals surface area contributed by atoms with Crippen molar-refractivity contribution in [3.05, 3.63) is 54.4 Å². The summed E-state index contributed by atoms with van der Waals surface area (Å²) in [4.78, 5) is 11.6. The molecule has 0 radical (unpaired) electrons. The van der Waals surface area contributed by atoms with E-state index in [1.54, 1.807) is 29.2 Å². The molecule has 4 nitrogen and oxygen atoms in total. The number of carbonyl (C=O) groups is 1. The van der Waals surface area contributed by atoms with Crippen LogP contribution in [0.25, 0.3) is 0 Å². The van der Waals surface area contributed by atoms with E-state index in [-0.39, 0.29) is 5.91 Å². The average molecular weight is 201 g/mol. The highest BCUT2D eigenvalue weighted by atomic mass is 16.1. The molecule has 4 heteroatoms. The normalized spacial score (nSPS) is 9.87. The molecule has 0 bridgehead atoms. The zero-order valence-electron chi connectivity index (χ0n) is 8.13. The van der Waals surface area contributed by atoms with Gasteiger partial charge in [0.2, 0.25) is 0 Å². The Morgan fingerprint density at radius 1 is 1.27 bits per heavy atom. The topological polar surface area (TPSA) is 46.9 Å². The molecule has 2 aromatic rings. The Bertz CT molecular complexity index is 422. The van der Waals surface area contributed by atoms with Crippen LogP contribution in [0.3, 0.4) is 0 Å². The lowest BCUT2D eigenvalue weighted by molar-refractivity contribution is 0.0940. The maximum Gasteiger partial charge on any atom is 0.252 e. The van der Waals surface area contributed by atoms with Crippen LogP contribution in [-0.2, 0) is 6.67 Å². The van der Waals surface area contributed by atoms with E-state index in [0.29, 0.717) is 12.2 Å². The van der Waals surface area contributed by atoms with Crippen molar-refractivity contribution in [3.8, 4) is 0 Å². The summed E-state index contributed by atoms with van der Waals surface area (Å²) in [6, 6.07) is 10.9. The van der Waals surface area contributed by atoms with Gasteiger partial charge in [-0.1, -0.05) is 18.2 Å². The van der Waals surface area contributed by atoms with Crippen molar-refractivity contribution in [1.82, 2.24) is 15.1 Å². The molecular formula is C11H11N3O. The van der Waals surface area contributed by atoms with Crippen LogP contribution >= 0.6 is 0 Å². The largest absolute Gasteiger partial charge is 0.333 e. The predicted molar refractivity (Wildman–Crippen MR) is 56.1 cm³/mol. The highest BCUT2D eigenvalue weighted by molar-refractivity contribution is 5.93. The molecule has 1 amide bonds. The first kappa shape index (κ1) is 9.45. The van der Waals surface area contributed by atoms with Gasteiger partial charge in [0.1, 0.15) is 6.67 Å². The summed E-state index contributed by atoms with van der Waals surface area (Å²) in [5, 5.41) is 6.75. The highest BCUT2D eigenvalue weighted by Gasteiger charge is 2.02. The molecule has 1 aromatic carbocycles. The fraction of sp³-hybridized carbons (Fsp3) is 0.0909. The molecule has 76 valence electrons. The lowest BCUT2D eigenvalue weighted by Gasteiger charge is -2.04. The van der Waals surface area contributed by atoms with Crippen LogP contribution in [0.2, 0.25) is 0 Å². The Morgan fingerprint density at radius 2 is 2.07 bits per heavy atom. The monoisotopic (exact) mass is 201 g/mol. The zero-order chi connectivity index (χ0) is 10.5. The molecule has 0 aliphatic heterocycles. The number of nitrogens with zero attached hydrogens (tertiary/aromatic N) is 2. The SMILES string of the molecule is O=C(NCn1cccn1)c1ccccc1. The van der Waals surface area contributed by atoms with Crippen LogP contribution in [0.1, 0.15) is 10.4 Å². The van der Waals surface area contributed by atoms with Gasteiger partial charge < -0.3 is 5.32 Å². The van der Waals surface area contributed by atoms with E-state index in [4.69, 9.17) is 0 Å². The Morgan fingerprint density at radius 3 is 2.73 bits per heavy atom. The molecule has 0 aliphatic rings. The molecule has 0 atom stereocenters. The van der Waals surface area contributed by atoms with E-state index in [2.05, 4.69) is 10.4 Å². The number of carbonyl (C=O) groups excluding carboxylic acids is 1. The van der Waals surface area contributed by atoms with Crippen molar-refractivity contribution in [2.45, 2.75) is 6.67 Å². The molecule has 1 aromatic heterocycles. The second-order valence-corrected chi connectivity index (χ2v) is 3.08. The minimum Gasteiger partial charge on any atom is -0.333 e. The molecule has 1 heterocycles. The van der Waals surface area contributed by atoms with Crippen LogP contribution in [-0.4, -0.2) is 15.7 Å². The van der Waals surface area contributed by atoms with Crippen molar-refractivity contribution in [2.75, 3.05) is 0 Å². The summed E-state index contributed by atoms with van der Waals surface area (Å²) < 4.78 is 1.65. The van der Waals surface area contributed by atoms with Gasteiger partial charge in [-0.05, 0) is 18.2 Å². The zero-order valence-corrected chi connectivity index (χ0v) is 8.13. The molecule has 0 saturated heterocycles. The summed E-state index contributed by atoms with van der Waals surface area (Å²) >= 11 is 0. The first-order valence-corrected chi connectivity index (χ1v) is 4.67. The summed E-state index contributed by atoms with van der Waals surface area (Å²) in [5.74, 6) is -0.0916. The van der Waals surface area contributed by atoms with E-state index >= 15 is 0 Å². The molecule has 0 saturated carbocycles. The highest BCUT2D eigenvalue weighted by Crippen LogP contribution is 1.97. The second-order valence-electron chi connectivity index (χ2n) is 3.08. The van der Waals surface area contributed by atoms with Gasteiger partial charge in [0.05, 0.1) is 0 Å². The van der Waals surface area contributed by atoms with Gasteiger partial charge in [-0.3, -0.25) is 9.48 Å².